The maximum atomic E-state index is 5.95. The van der Waals surface area contributed by atoms with Gasteiger partial charge in [0.15, 0.2) is 5.82 Å². The Morgan fingerprint density at radius 1 is 1.37 bits per heavy atom. The van der Waals surface area contributed by atoms with E-state index in [4.69, 9.17) is 10.5 Å². The Morgan fingerprint density at radius 2 is 2.16 bits per heavy atom. The zero-order valence-electron chi connectivity index (χ0n) is 10.6. The van der Waals surface area contributed by atoms with Crippen molar-refractivity contribution in [2.45, 2.75) is 25.0 Å². The predicted molar refractivity (Wildman–Crippen MR) is 79.1 cm³/mol. The lowest BCUT2D eigenvalue weighted by Gasteiger charge is -2.35. The highest BCUT2D eigenvalue weighted by Gasteiger charge is 2.29. The second-order valence-electron chi connectivity index (χ2n) is 4.79. The molecule has 1 aliphatic carbocycles. The van der Waals surface area contributed by atoms with Crippen LogP contribution < -0.4 is 11.1 Å². The van der Waals surface area contributed by atoms with Gasteiger partial charge in [-0.05, 0) is 31.0 Å². The SMILES string of the molecule is CO[C@H]1C[C@H](Nc2c(N)nnc3ccc(Br)cc23)C1. The van der Waals surface area contributed by atoms with Crippen molar-refractivity contribution in [3.05, 3.63) is 22.7 Å². The number of halogens is 1. The van der Waals surface area contributed by atoms with Crippen LogP contribution in [0.3, 0.4) is 0 Å². The van der Waals surface area contributed by atoms with Gasteiger partial charge >= 0.3 is 0 Å². The van der Waals surface area contributed by atoms with Gasteiger partial charge in [0.1, 0.15) is 0 Å². The molecule has 0 unspecified atom stereocenters. The van der Waals surface area contributed by atoms with Crippen LogP contribution in [-0.2, 0) is 4.74 Å². The number of nitrogens with one attached hydrogen (secondary N) is 1. The lowest BCUT2D eigenvalue weighted by molar-refractivity contribution is 0.0329. The van der Waals surface area contributed by atoms with Gasteiger partial charge in [-0.25, -0.2) is 0 Å². The van der Waals surface area contributed by atoms with Crippen LogP contribution in [0, 0.1) is 0 Å². The van der Waals surface area contributed by atoms with E-state index in [1.807, 2.05) is 18.2 Å². The topological polar surface area (TPSA) is 73.1 Å². The van der Waals surface area contributed by atoms with Gasteiger partial charge in [0, 0.05) is 23.0 Å². The first-order valence-corrected chi connectivity index (χ1v) is 6.97. The fourth-order valence-electron chi connectivity index (χ4n) is 2.32. The van der Waals surface area contributed by atoms with Gasteiger partial charge in [0.2, 0.25) is 0 Å². The minimum absolute atomic E-state index is 0.353. The summed E-state index contributed by atoms with van der Waals surface area (Å²) in [7, 11) is 1.75. The van der Waals surface area contributed by atoms with Crippen LogP contribution in [0.25, 0.3) is 10.9 Å². The molecule has 100 valence electrons. The molecular weight excluding hydrogens is 308 g/mol. The van der Waals surface area contributed by atoms with Crippen LogP contribution in [0.1, 0.15) is 12.8 Å². The van der Waals surface area contributed by atoms with E-state index in [2.05, 4.69) is 31.4 Å². The number of nitrogen functional groups attached to an aromatic ring is 1. The first-order chi connectivity index (χ1) is 9.17. The second kappa shape index (κ2) is 4.94. The Kier molecular flexibility index (Phi) is 3.28. The summed E-state index contributed by atoms with van der Waals surface area (Å²) in [6, 6.07) is 6.27. The monoisotopic (exact) mass is 322 g/mol. The summed E-state index contributed by atoms with van der Waals surface area (Å²) >= 11 is 3.47. The van der Waals surface area contributed by atoms with E-state index >= 15 is 0 Å². The smallest absolute Gasteiger partial charge is 0.170 e. The normalized spacial score (nSPS) is 22.2. The van der Waals surface area contributed by atoms with Crippen molar-refractivity contribution < 1.29 is 4.74 Å². The van der Waals surface area contributed by atoms with Gasteiger partial charge < -0.3 is 15.8 Å². The lowest BCUT2D eigenvalue weighted by Crippen LogP contribution is -2.40. The highest BCUT2D eigenvalue weighted by molar-refractivity contribution is 9.10. The number of hydrogen-bond acceptors (Lipinski definition) is 5. The molecule has 5 nitrogen and oxygen atoms in total. The van der Waals surface area contributed by atoms with E-state index in [1.54, 1.807) is 7.11 Å². The third-order valence-corrected chi connectivity index (χ3v) is 4.02. The molecule has 1 aliphatic rings. The Labute approximate surface area is 119 Å². The number of methoxy groups -OCH3 is 1. The molecule has 1 saturated carbocycles. The Bertz CT molecular complexity index is 608. The predicted octanol–water partition coefficient (Wildman–Crippen LogP) is 2.56. The Morgan fingerprint density at radius 3 is 2.89 bits per heavy atom. The third-order valence-electron chi connectivity index (χ3n) is 3.53. The maximum absolute atomic E-state index is 5.95. The highest BCUT2D eigenvalue weighted by Crippen LogP contribution is 2.33. The highest BCUT2D eigenvalue weighted by atomic mass is 79.9. The summed E-state index contributed by atoms with van der Waals surface area (Å²) in [5.74, 6) is 0.437. The summed E-state index contributed by atoms with van der Waals surface area (Å²) in [5, 5.41) is 12.6. The number of nitrogens with zero attached hydrogens (tertiary/aromatic N) is 2. The fraction of sp³-hybridized carbons (Fsp3) is 0.385. The van der Waals surface area contributed by atoms with Crippen molar-refractivity contribution in [3.8, 4) is 0 Å². The number of nitrogens with two attached hydrogens (primary N) is 1. The molecule has 1 heterocycles. The van der Waals surface area contributed by atoms with Gasteiger partial charge in [0.05, 0.1) is 17.3 Å². The molecule has 3 rings (SSSR count). The van der Waals surface area contributed by atoms with E-state index in [-0.39, 0.29) is 0 Å². The zero-order chi connectivity index (χ0) is 13.4. The van der Waals surface area contributed by atoms with Gasteiger partial charge in [-0.2, -0.15) is 0 Å². The minimum atomic E-state index is 0.353. The number of anilines is 2. The van der Waals surface area contributed by atoms with Crippen LogP contribution in [0.5, 0.6) is 0 Å². The Hall–Kier alpha value is -1.40. The van der Waals surface area contributed by atoms with Crippen molar-refractivity contribution >= 4 is 38.3 Å². The lowest BCUT2D eigenvalue weighted by atomic mass is 9.89. The largest absolute Gasteiger partial charge is 0.381 e. The molecule has 0 aliphatic heterocycles. The molecule has 1 fully saturated rings. The molecule has 19 heavy (non-hydrogen) atoms. The van der Waals surface area contributed by atoms with Gasteiger partial charge in [-0.15, -0.1) is 10.2 Å². The average Bonchev–Trinajstić information content (AvgIpc) is 2.35. The van der Waals surface area contributed by atoms with E-state index in [1.165, 1.54) is 0 Å². The van der Waals surface area contributed by atoms with Gasteiger partial charge in [-0.1, -0.05) is 15.9 Å². The van der Waals surface area contributed by atoms with E-state index in [0.717, 1.165) is 33.9 Å². The van der Waals surface area contributed by atoms with E-state index < -0.39 is 0 Å². The number of rotatable bonds is 3. The molecule has 0 spiro atoms. The minimum Gasteiger partial charge on any atom is -0.381 e. The zero-order valence-corrected chi connectivity index (χ0v) is 12.1. The van der Waals surface area contributed by atoms with Crippen molar-refractivity contribution in [1.82, 2.24) is 10.2 Å². The molecule has 2 aromatic rings. The van der Waals surface area contributed by atoms with Crippen molar-refractivity contribution in [2.75, 3.05) is 18.2 Å². The van der Waals surface area contributed by atoms with Crippen molar-refractivity contribution in [3.63, 3.8) is 0 Å². The third kappa shape index (κ3) is 2.37. The van der Waals surface area contributed by atoms with Crippen LogP contribution in [0.4, 0.5) is 11.5 Å². The van der Waals surface area contributed by atoms with Crippen molar-refractivity contribution in [1.29, 1.82) is 0 Å². The van der Waals surface area contributed by atoms with E-state index in [9.17, 15) is 0 Å². The number of hydrogen-bond donors (Lipinski definition) is 2. The van der Waals surface area contributed by atoms with E-state index in [0.29, 0.717) is 18.0 Å². The molecule has 0 bridgehead atoms. The fourth-order valence-corrected chi connectivity index (χ4v) is 2.68. The average molecular weight is 323 g/mol. The first-order valence-electron chi connectivity index (χ1n) is 6.18. The number of aromatic nitrogens is 2. The molecule has 1 aromatic heterocycles. The van der Waals surface area contributed by atoms with Crippen molar-refractivity contribution in [2.24, 2.45) is 0 Å². The van der Waals surface area contributed by atoms with Crippen LogP contribution >= 0.6 is 15.9 Å². The molecular formula is C13H15BrN4O. The Balaban J connectivity index is 1.93. The molecule has 3 N–H and O–H groups in total. The molecule has 0 saturated heterocycles. The second-order valence-corrected chi connectivity index (χ2v) is 5.71. The number of benzene rings is 1. The molecule has 0 radical (unpaired) electrons. The summed E-state index contributed by atoms with van der Waals surface area (Å²) in [5.41, 5.74) is 7.65. The summed E-state index contributed by atoms with van der Waals surface area (Å²) in [6.45, 7) is 0. The van der Waals surface area contributed by atoms with Gasteiger partial charge in [-0.3, -0.25) is 0 Å². The number of fused-ring (bicyclic) bond motifs is 1. The van der Waals surface area contributed by atoms with Crippen LogP contribution in [0.15, 0.2) is 22.7 Å². The molecule has 0 atom stereocenters. The summed E-state index contributed by atoms with van der Waals surface area (Å²) in [6.07, 6.45) is 2.34. The molecule has 0 amide bonds. The quantitative estimate of drug-likeness (QED) is 0.908. The molecule has 1 aromatic carbocycles. The standard InChI is InChI=1S/C13H15BrN4O/c1-19-9-5-8(6-9)16-12-10-4-7(14)2-3-11(10)17-18-13(12)15/h2-4,8-9H,5-6H2,1H3,(H2,15,18)(H,16,17)/t8-,9-. The number of ether oxygens (including phenoxy) is 1. The molecule has 6 heteroatoms. The van der Waals surface area contributed by atoms with Crippen LogP contribution in [-0.4, -0.2) is 29.5 Å². The summed E-state index contributed by atoms with van der Waals surface area (Å²) < 4.78 is 6.28. The van der Waals surface area contributed by atoms with Gasteiger partial charge in [0.25, 0.3) is 0 Å². The maximum Gasteiger partial charge on any atom is 0.170 e. The first kappa shape index (κ1) is 12.6. The summed E-state index contributed by atoms with van der Waals surface area (Å²) in [4.78, 5) is 0. The van der Waals surface area contributed by atoms with Crippen LogP contribution in [0.2, 0.25) is 0 Å².